The highest BCUT2D eigenvalue weighted by Crippen LogP contribution is 2.54. The molecule has 41 heavy (non-hydrogen) atoms. The largest absolute Gasteiger partial charge is 0.743 e. The van der Waals surface area contributed by atoms with Crippen LogP contribution in [0.3, 0.4) is 0 Å². The van der Waals surface area contributed by atoms with Crippen LogP contribution in [-0.2, 0) is 21.0 Å². The van der Waals surface area contributed by atoms with E-state index in [2.05, 4.69) is 106 Å². The molecule has 0 spiro atoms. The summed E-state index contributed by atoms with van der Waals surface area (Å²) in [4.78, 5) is 3.95. The summed E-state index contributed by atoms with van der Waals surface area (Å²) in [5, 5.41) is -7.11. The van der Waals surface area contributed by atoms with E-state index in [0.29, 0.717) is 0 Å². The molecule has 0 amide bonds. The van der Waals surface area contributed by atoms with Gasteiger partial charge in [-0.2, -0.15) is 39.5 Å². The van der Waals surface area contributed by atoms with Gasteiger partial charge in [-0.3, -0.25) is 0 Å². The van der Waals surface area contributed by atoms with Gasteiger partial charge in [-0.1, -0.05) is 36.4 Å². The highest BCUT2D eigenvalue weighted by atomic mass is 32.2. The number of hydrogen-bond donors (Lipinski definition) is 0. The van der Waals surface area contributed by atoms with Crippen molar-refractivity contribution in [1.29, 1.82) is 0 Å². The van der Waals surface area contributed by atoms with Crippen molar-refractivity contribution in [3.63, 3.8) is 0 Å². The van der Waals surface area contributed by atoms with Crippen LogP contribution in [0.5, 0.6) is 5.75 Å². The maximum absolute atomic E-state index is 12.2. The fraction of sp³-hybridized carbons (Fsp3) is 0.308. The third kappa shape index (κ3) is 7.89. The van der Waals surface area contributed by atoms with Crippen molar-refractivity contribution in [1.82, 2.24) is 0 Å². The first kappa shape index (κ1) is 34.3. The average Bonchev–Trinajstić information content (AvgIpc) is 2.84. The molecule has 226 valence electrons. The second-order valence-electron chi connectivity index (χ2n) is 9.24. The summed E-state index contributed by atoms with van der Waals surface area (Å²) in [5.74, 6) is -13.9. The zero-order valence-electron chi connectivity index (χ0n) is 21.4. The van der Waals surface area contributed by atoms with Crippen molar-refractivity contribution >= 4 is 21.0 Å². The maximum atomic E-state index is 12.2. The normalized spacial score (nSPS) is 13.4. The first-order chi connectivity index (χ1) is 18.5. The van der Waals surface area contributed by atoms with Crippen LogP contribution in [0.25, 0.3) is 0 Å². The summed E-state index contributed by atoms with van der Waals surface area (Å²) in [6.45, 7) is 6.21. The maximum Gasteiger partial charge on any atom is 0.460 e. The lowest BCUT2D eigenvalue weighted by Gasteiger charge is -2.34. The molecule has 4 nitrogen and oxygen atoms in total. The van der Waals surface area contributed by atoms with E-state index in [1.807, 2.05) is 0 Å². The first-order valence-electron chi connectivity index (χ1n) is 11.3. The number of alkyl halides is 9. The standard InChI is InChI=1S/C22H23OS.C4HF9O3S/c1-22(2,3)23-18-14-16-21(17-15-18)24(19-10-6-4-7-11-19)20-12-8-5-9-13-20;5-1(6,3(9,10)11)2(7,8)4(12,13)17(14,15)16/h4-17H,1-3H3;(H,14,15,16)/q+1;/p-1. The lowest BCUT2D eigenvalue weighted by Crippen LogP contribution is -2.63. The van der Waals surface area contributed by atoms with Gasteiger partial charge in [0.1, 0.15) is 11.4 Å². The van der Waals surface area contributed by atoms with Crippen LogP contribution in [0.2, 0.25) is 0 Å². The Morgan fingerprint density at radius 2 is 0.976 bits per heavy atom. The molecule has 0 fully saturated rings. The molecule has 3 rings (SSSR count). The molecule has 0 saturated heterocycles. The highest BCUT2D eigenvalue weighted by molar-refractivity contribution is 7.97. The van der Waals surface area contributed by atoms with Gasteiger partial charge >= 0.3 is 23.3 Å². The zero-order chi connectivity index (χ0) is 31.5. The van der Waals surface area contributed by atoms with Crippen molar-refractivity contribution in [2.24, 2.45) is 0 Å². The number of ether oxygens (including phenoxy) is 1. The van der Waals surface area contributed by atoms with Crippen molar-refractivity contribution in [2.45, 2.75) is 64.3 Å². The van der Waals surface area contributed by atoms with Crippen LogP contribution in [0.15, 0.2) is 99.6 Å². The smallest absolute Gasteiger partial charge is 0.460 e. The molecule has 15 heteroatoms. The topological polar surface area (TPSA) is 66.4 Å². The van der Waals surface area contributed by atoms with Gasteiger partial charge in [0, 0.05) is 0 Å². The summed E-state index contributed by atoms with van der Waals surface area (Å²) in [7, 11) is -7.52. The van der Waals surface area contributed by atoms with Crippen LogP contribution in [0, 0.1) is 0 Å². The Bertz CT molecular complexity index is 1330. The minimum Gasteiger partial charge on any atom is -0.743 e. The Kier molecular flexibility index (Phi) is 10.2. The van der Waals surface area contributed by atoms with Gasteiger partial charge < -0.3 is 9.29 Å². The Balaban J connectivity index is 0.000000307. The molecule has 0 radical (unpaired) electrons. The molecule has 0 aliphatic carbocycles. The lowest BCUT2D eigenvalue weighted by atomic mass is 10.1. The molecule has 0 aromatic heterocycles. The van der Waals surface area contributed by atoms with Gasteiger partial charge in [0.2, 0.25) is 0 Å². The van der Waals surface area contributed by atoms with Crippen molar-refractivity contribution in [3.05, 3.63) is 84.9 Å². The quantitative estimate of drug-likeness (QED) is 0.151. The minimum absolute atomic E-state index is 0.102. The first-order valence-corrected chi connectivity index (χ1v) is 14.0. The fourth-order valence-corrected chi connectivity index (χ4v) is 5.56. The second kappa shape index (κ2) is 12.1. The van der Waals surface area contributed by atoms with E-state index in [1.54, 1.807) is 0 Å². The molecular formula is C26H23F9O4S2. The van der Waals surface area contributed by atoms with Crippen molar-refractivity contribution in [3.8, 4) is 5.75 Å². The molecule has 0 saturated carbocycles. The molecular weight excluding hydrogens is 611 g/mol. The molecule has 0 heterocycles. The summed E-state index contributed by atoms with van der Waals surface area (Å²) < 4.78 is 141. The van der Waals surface area contributed by atoms with Crippen molar-refractivity contribution in [2.75, 3.05) is 0 Å². The van der Waals surface area contributed by atoms with E-state index in [-0.39, 0.29) is 16.5 Å². The van der Waals surface area contributed by atoms with E-state index in [9.17, 15) is 52.5 Å². The molecule has 3 aromatic carbocycles. The third-order valence-corrected chi connectivity index (χ3v) is 7.99. The van der Waals surface area contributed by atoms with E-state index < -0.39 is 33.4 Å². The number of rotatable bonds is 7. The van der Waals surface area contributed by atoms with Crippen LogP contribution >= 0.6 is 0 Å². The van der Waals surface area contributed by atoms with Gasteiger partial charge in [-0.15, -0.1) is 0 Å². The Labute approximate surface area is 233 Å². The predicted octanol–water partition coefficient (Wildman–Crippen LogP) is 7.92. The second-order valence-corrected chi connectivity index (χ2v) is 12.7. The predicted molar refractivity (Wildman–Crippen MR) is 132 cm³/mol. The molecule has 0 N–H and O–H groups in total. The van der Waals surface area contributed by atoms with Crippen LogP contribution in [0.4, 0.5) is 39.5 Å². The van der Waals surface area contributed by atoms with E-state index in [1.165, 1.54) is 14.7 Å². The Morgan fingerprint density at radius 3 is 1.29 bits per heavy atom. The van der Waals surface area contributed by atoms with Crippen molar-refractivity contribution < 1.29 is 57.2 Å². The number of benzene rings is 3. The monoisotopic (exact) mass is 634 g/mol. The van der Waals surface area contributed by atoms with Gasteiger partial charge in [0.05, 0.1) is 10.9 Å². The van der Waals surface area contributed by atoms with E-state index in [4.69, 9.17) is 4.74 Å². The van der Waals surface area contributed by atoms with Gasteiger partial charge in [-0.25, -0.2) is 8.42 Å². The van der Waals surface area contributed by atoms with Crippen LogP contribution < -0.4 is 4.74 Å². The average molecular weight is 635 g/mol. The summed E-state index contributed by atoms with van der Waals surface area (Å²) in [6.07, 6.45) is -7.16. The molecule has 3 aromatic rings. The molecule has 0 bridgehead atoms. The third-order valence-electron chi connectivity index (χ3n) is 4.87. The lowest BCUT2D eigenvalue weighted by molar-refractivity contribution is -0.382. The summed E-state index contributed by atoms with van der Waals surface area (Å²) >= 11 is 0. The number of hydrogen-bond acceptors (Lipinski definition) is 4. The van der Waals surface area contributed by atoms with E-state index >= 15 is 0 Å². The fourth-order valence-electron chi connectivity index (χ4n) is 3.04. The highest BCUT2D eigenvalue weighted by Gasteiger charge is 2.83. The van der Waals surface area contributed by atoms with Gasteiger partial charge in [0.15, 0.2) is 24.8 Å². The molecule has 0 atom stereocenters. The van der Waals surface area contributed by atoms with Crippen LogP contribution in [-0.4, -0.2) is 41.8 Å². The number of halogens is 9. The minimum atomic E-state index is -7.43. The summed E-state index contributed by atoms with van der Waals surface area (Å²) in [5.41, 5.74) is -0.179. The zero-order valence-corrected chi connectivity index (χ0v) is 23.1. The Hall–Kier alpha value is -2.91. The molecule has 0 unspecified atom stereocenters. The Morgan fingerprint density at radius 1 is 0.610 bits per heavy atom. The molecule has 0 aliphatic heterocycles. The summed E-state index contributed by atoms with van der Waals surface area (Å²) in [6, 6.07) is 29.9. The van der Waals surface area contributed by atoms with Gasteiger partial charge in [-0.05, 0) is 69.3 Å². The SMILES string of the molecule is CC(C)(C)Oc1ccc([S+](c2ccccc2)c2ccccc2)cc1.O=S(=O)([O-])C(F)(F)C(F)(F)C(F)(F)C(F)(F)F. The van der Waals surface area contributed by atoms with E-state index in [0.717, 1.165) is 5.75 Å². The van der Waals surface area contributed by atoms with Gasteiger partial charge in [0.25, 0.3) is 0 Å². The molecule has 0 aliphatic rings. The van der Waals surface area contributed by atoms with Crippen LogP contribution in [0.1, 0.15) is 20.8 Å².